The lowest BCUT2D eigenvalue weighted by molar-refractivity contribution is 0.0839. The number of nitrogens with one attached hydrogen (secondary N) is 1. The van der Waals surface area contributed by atoms with E-state index in [0.717, 1.165) is 30.4 Å². The number of aliphatic hydroxyl groups is 1. The van der Waals surface area contributed by atoms with Crippen LogP contribution in [0.3, 0.4) is 0 Å². The van der Waals surface area contributed by atoms with Crippen molar-refractivity contribution in [1.82, 2.24) is 5.32 Å². The predicted octanol–water partition coefficient (Wildman–Crippen LogP) is 3.22. The molecule has 4 nitrogen and oxygen atoms in total. The van der Waals surface area contributed by atoms with Gasteiger partial charge in [-0.05, 0) is 25.0 Å². The summed E-state index contributed by atoms with van der Waals surface area (Å²) < 4.78 is 20.1. The first-order valence-electron chi connectivity index (χ1n) is 7.72. The zero-order valence-corrected chi connectivity index (χ0v) is 13.8. The highest BCUT2D eigenvalue weighted by atomic mass is 32.1. The molecule has 1 fully saturated rings. The third kappa shape index (κ3) is 2.98. The molecule has 0 spiro atoms. The van der Waals surface area contributed by atoms with Gasteiger partial charge in [-0.25, -0.2) is 4.39 Å². The van der Waals surface area contributed by atoms with Gasteiger partial charge in [-0.1, -0.05) is 18.9 Å². The Bertz CT molecular complexity index is 722. The van der Waals surface area contributed by atoms with E-state index < -0.39 is 5.54 Å². The average Bonchev–Trinajstić information content (AvgIpc) is 3.14. The molecule has 1 heterocycles. The molecular formula is C17H20FNO3S. The monoisotopic (exact) mass is 337 g/mol. The molecule has 1 aromatic carbocycles. The molecular weight excluding hydrogens is 317 g/mol. The maximum Gasteiger partial charge on any atom is 0.262 e. The molecule has 0 saturated heterocycles. The van der Waals surface area contributed by atoms with Gasteiger partial charge >= 0.3 is 0 Å². The van der Waals surface area contributed by atoms with Gasteiger partial charge in [-0.2, -0.15) is 0 Å². The molecule has 1 saturated carbocycles. The molecule has 0 radical (unpaired) electrons. The molecule has 1 amide bonds. The van der Waals surface area contributed by atoms with E-state index in [1.807, 2.05) is 0 Å². The Morgan fingerprint density at radius 3 is 2.83 bits per heavy atom. The van der Waals surface area contributed by atoms with Crippen molar-refractivity contribution in [3.8, 4) is 0 Å². The minimum Gasteiger partial charge on any atom is -0.394 e. The third-order valence-electron chi connectivity index (χ3n) is 4.50. The number of rotatable bonds is 5. The minimum atomic E-state index is -0.545. The molecule has 23 heavy (non-hydrogen) atoms. The molecule has 0 aliphatic heterocycles. The van der Waals surface area contributed by atoms with Crippen molar-refractivity contribution < 1.29 is 19.0 Å². The van der Waals surface area contributed by atoms with Crippen LogP contribution in [-0.2, 0) is 11.3 Å². The van der Waals surface area contributed by atoms with Gasteiger partial charge in [0.05, 0.1) is 23.6 Å². The van der Waals surface area contributed by atoms with Crippen LogP contribution in [0.4, 0.5) is 4.39 Å². The van der Waals surface area contributed by atoms with E-state index in [1.165, 1.54) is 24.5 Å². The van der Waals surface area contributed by atoms with Crippen LogP contribution in [0, 0.1) is 5.82 Å². The van der Waals surface area contributed by atoms with Gasteiger partial charge < -0.3 is 15.2 Å². The number of benzene rings is 1. The molecule has 1 aromatic heterocycles. The molecule has 6 heteroatoms. The largest absolute Gasteiger partial charge is 0.394 e. The number of hydrogen-bond acceptors (Lipinski definition) is 4. The van der Waals surface area contributed by atoms with E-state index in [9.17, 15) is 14.3 Å². The normalized spacial score (nSPS) is 16.8. The number of thiophene rings is 1. The topological polar surface area (TPSA) is 58.6 Å². The Morgan fingerprint density at radius 2 is 2.17 bits per heavy atom. The summed E-state index contributed by atoms with van der Waals surface area (Å²) in [4.78, 5) is 13.2. The second kappa shape index (κ2) is 6.55. The van der Waals surface area contributed by atoms with E-state index in [4.69, 9.17) is 4.74 Å². The predicted molar refractivity (Wildman–Crippen MR) is 88.2 cm³/mol. The van der Waals surface area contributed by atoms with Crippen molar-refractivity contribution in [2.45, 2.75) is 37.8 Å². The second-order valence-electron chi connectivity index (χ2n) is 6.06. The Kier molecular flexibility index (Phi) is 4.66. The SMILES string of the molecule is COCc1c(C(=O)NC2(CO)CCCC2)sc2cccc(F)c12. The number of hydrogen-bond donors (Lipinski definition) is 2. The van der Waals surface area contributed by atoms with Crippen LogP contribution in [0.2, 0.25) is 0 Å². The quantitative estimate of drug-likeness (QED) is 0.881. The molecule has 1 aliphatic rings. The molecule has 0 bridgehead atoms. The van der Waals surface area contributed by atoms with Gasteiger partial charge in [0.2, 0.25) is 0 Å². The van der Waals surface area contributed by atoms with E-state index >= 15 is 0 Å². The first kappa shape index (κ1) is 16.4. The van der Waals surface area contributed by atoms with E-state index in [0.29, 0.717) is 15.8 Å². The van der Waals surface area contributed by atoms with Gasteiger partial charge in [0.15, 0.2) is 0 Å². The van der Waals surface area contributed by atoms with Gasteiger partial charge in [0, 0.05) is 22.8 Å². The Hall–Kier alpha value is -1.50. The first-order valence-corrected chi connectivity index (χ1v) is 8.54. The number of ether oxygens (including phenoxy) is 1. The van der Waals surface area contributed by atoms with Crippen molar-refractivity contribution in [3.05, 3.63) is 34.5 Å². The number of halogens is 1. The van der Waals surface area contributed by atoms with Crippen molar-refractivity contribution in [2.24, 2.45) is 0 Å². The smallest absolute Gasteiger partial charge is 0.262 e. The van der Waals surface area contributed by atoms with Crippen LogP contribution >= 0.6 is 11.3 Å². The highest BCUT2D eigenvalue weighted by Gasteiger charge is 2.36. The summed E-state index contributed by atoms with van der Waals surface area (Å²) in [5.41, 5.74) is 0.0325. The summed E-state index contributed by atoms with van der Waals surface area (Å²) >= 11 is 1.27. The van der Waals surface area contributed by atoms with Crippen molar-refractivity contribution >= 4 is 27.3 Å². The number of carbonyl (C=O) groups is 1. The molecule has 1 aliphatic carbocycles. The highest BCUT2D eigenvalue weighted by Crippen LogP contribution is 2.35. The molecule has 3 rings (SSSR count). The summed E-state index contributed by atoms with van der Waals surface area (Å²) in [6.07, 6.45) is 3.53. The zero-order valence-electron chi connectivity index (χ0n) is 13.0. The Morgan fingerprint density at radius 1 is 1.43 bits per heavy atom. The van der Waals surface area contributed by atoms with Crippen LogP contribution in [0.15, 0.2) is 18.2 Å². The lowest BCUT2D eigenvalue weighted by Gasteiger charge is -2.27. The maximum atomic E-state index is 14.2. The van der Waals surface area contributed by atoms with Gasteiger partial charge in [-0.15, -0.1) is 11.3 Å². The van der Waals surface area contributed by atoms with Crippen LogP contribution in [0.1, 0.15) is 40.9 Å². The maximum absolute atomic E-state index is 14.2. The lowest BCUT2D eigenvalue weighted by atomic mass is 9.98. The molecule has 124 valence electrons. The first-order chi connectivity index (χ1) is 11.1. The van der Waals surface area contributed by atoms with Crippen LogP contribution < -0.4 is 5.32 Å². The zero-order chi connectivity index (χ0) is 16.4. The van der Waals surface area contributed by atoms with E-state index in [-0.39, 0.29) is 24.9 Å². The van der Waals surface area contributed by atoms with E-state index in [2.05, 4.69) is 5.32 Å². The fourth-order valence-corrected chi connectivity index (χ4v) is 4.42. The standard InChI is InChI=1S/C17H20FNO3S/c1-22-9-11-14-12(18)5-4-6-13(14)23-15(11)16(21)19-17(10-20)7-2-3-8-17/h4-6,20H,2-3,7-10H2,1H3,(H,19,21). The fourth-order valence-electron chi connectivity index (χ4n) is 3.30. The minimum absolute atomic E-state index is 0.0718. The van der Waals surface area contributed by atoms with E-state index in [1.54, 1.807) is 12.1 Å². The van der Waals surface area contributed by atoms with Crippen LogP contribution in [0.25, 0.3) is 10.1 Å². The summed E-state index contributed by atoms with van der Waals surface area (Å²) in [5, 5.41) is 13.1. The summed E-state index contributed by atoms with van der Waals surface area (Å²) in [6, 6.07) is 4.83. The highest BCUT2D eigenvalue weighted by molar-refractivity contribution is 7.21. The van der Waals surface area contributed by atoms with Crippen LogP contribution in [-0.4, -0.2) is 30.3 Å². The van der Waals surface area contributed by atoms with Crippen molar-refractivity contribution in [2.75, 3.05) is 13.7 Å². The van der Waals surface area contributed by atoms with Gasteiger partial charge in [0.1, 0.15) is 5.82 Å². The lowest BCUT2D eigenvalue weighted by Crippen LogP contribution is -2.49. The Labute approximate surface area is 138 Å². The summed E-state index contributed by atoms with van der Waals surface area (Å²) in [6.45, 7) is 0.105. The molecule has 0 atom stereocenters. The number of amides is 1. The number of carbonyl (C=O) groups excluding carboxylic acids is 1. The third-order valence-corrected chi connectivity index (χ3v) is 5.70. The van der Waals surface area contributed by atoms with Gasteiger partial charge in [-0.3, -0.25) is 4.79 Å². The number of aliphatic hydroxyl groups excluding tert-OH is 1. The van der Waals surface area contributed by atoms with Gasteiger partial charge in [0.25, 0.3) is 5.91 Å². The number of fused-ring (bicyclic) bond motifs is 1. The molecule has 2 aromatic rings. The average molecular weight is 337 g/mol. The number of methoxy groups -OCH3 is 1. The summed E-state index contributed by atoms with van der Waals surface area (Å²) in [5.74, 6) is -0.601. The fraction of sp³-hybridized carbons (Fsp3) is 0.471. The summed E-state index contributed by atoms with van der Waals surface area (Å²) in [7, 11) is 1.53. The molecule has 2 N–H and O–H groups in total. The second-order valence-corrected chi connectivity index (χ2v) is 7.11. The Balaban J connectivity index is 1.99. The molecule has 0 unspecified atom stereocenters. The van der Waals surface area contributed by atoms with Crippen LogP contribution in [0.5, 0.6) is 0 Å². The van der Waals surface area contributed by atoms with Crippen molar-refractivity contribution in [1.29, 1.82) is 0 Å². The van der Waals surface area contributed by atoms with Crippen molar-refractivity contribution in [3.63, 3.8) is 0 Å².